The van der Waals surface area contributed by atoms with Crippen molar-refractivity contribution in [2.24, 2.45) is 0 Å². The smallest absolute Gasteiger partial charge is 0.239 e. The van der Waals surface area contributed by atoms with Gasteiger partial charge < -0.3 is 10.2 Å². The highest BCUT2D eigenvalue weighted by molar-refractivity contribution is 5.84. The van der Waals surface area contributed by atoms with E-state index in [4.69, 9.17) is 0 Å². The molecule has 0 radical (unpaired) electrons. The molecule has 0 unspecified atom stereocenters. The fraction of sp³-hybridized carbons (Fsp3) is 0.765. The van der Waals surface area contributed by atoms with E-state index in [0.29, 0.717) is 6.54 Å². The molecule has 0 aromatic carbocycles. The van der Waals surface area contributed by atoms with Gasteiger partial charge in [0.1, 0.15) is 0 Å². The van der Waals surface area contributed by atoms with Crippen molar-refractivity contribution in [3.8, 4) is 0 Å². The average Bonchev–Trinajstić information content (AvgIpc) is 2.99. The number of rotatable bonds is 6. The van der Waals surface area contributed by atoms with Crippen LogP contribution in [-0.4, -0.2) is 35.8 Å². The van der Waals surface area contributed by atoms with E-state index in [1.165, 1.54) is 44.1 Å². The average molecular weight is 292 g/mol. The minimum Gasteiger partial charge on any atom is -0.354 e. The van der Waals surface area contributed by atoms with Gasteiger partial charge in [-0.3, -0.25) is 9.59 Å². The quantitative estimate of drug-likeness (QED) is 0.765. The second-order valence-corrected chi connectivity index (χ2v) is 6.29. The summed E-state index contributed by atoms with van der Waals surface area (Å²) >= 11 is 0. The Kier molecular flexibility index (Phi) is 6.27. The van der Waals surface area contributed by atoms with Crippen molar-refractivity contribution in [3.05, 3.63) is 11.6 Å². The van der Waals surface area contributed by atoms with Crippen molar-refractivity contribution in [1.82, 2.24) is 10.2 Å². The summed E-state index contributed by atoms with van der Waals surface area (Å²) in [6.07, 6.45) is 12.6. The summed E-state index contributed by atoms with van der Waals surface area (Å²) in [5.74, 6) is 0.000508. The van der Waals surface area contributed by atoms with E-state index in [9.17, 15) is 9.59 Å². The summed E-state index contributed by atoms with van der Waals surface area (Å²) < 4.78 is 0. The molecule has 21 heavy (non-hydrogen) atoms. The lowest BCUT2D eigenvalue weighted by molar-refractivity contribution is -0.136. The van der Waals surface area contributed by atoms with E-state index in [-0.39, 0.29) is 24.4 Å². The van der Waals surface area contributed by atoms with Crippen molar-refractivity contribution in [1.29, 1.82) is 0 Å². The molecule has 0 saturated heterocycles. The van der Waals surface area contributed by atoms with Crippen molar-refractivity contribution in [2.45, 2.75) is 70.8 Å². The first-order chi connectivity index (χ1) is 10.2. The van der Waals surface area contributed by atoms with Crippen LogP contribution in [0.1, 0.15) is 64.7 Å². The molecule has 1 N–H and O–H groups in total. The first-order valence-electron chi connectivity index (χ1n) is 8.38. The van der Waals surface area contributed by atoms with E-state index < -0.39 is 0 Å². The molecule has 4 nitrogen and oxygen atoms in total. The number of amides is 2. The fourth-order valence-corrected chi connectivity index (χ4v) is 3.42. The van der Waals surface area contributed by atoms with Crippen LogP contribution in [0.25, 0.3) is 0 Å². The molecular formula is C17H28N2O2. The molecule has 2 amide bonds. The van der Waals surface area contributed by atoms with Crippen LogP contribution in [0.2, 0.25) is 0 Å². The summed E-state index contributed by atoms with van der Waals surface area (Å²) in [5, 5.41) is 2.97. The Bertz CT molecular complexity index is 398. The summed E-state index contributed by atoms with van der Waals surface area (Å²) in [4.78, 5) is 25.5. The number of nitrogens with zero attached hydrogens (tertiary/aromatic N) is 1. The zero-order chi connectivity index (χ0) is 15.1. The second-order valence-electron chi connectivity index (χ2n) is 6.29. The third-order valence-electron chi connectivity index (χ3n) is 4.64. The van der Waals surface area contributed by atoms with Gasteiger partial charge in [-0.15, -0.1) is 0 Å². The van der Waals surface area contributed by atoms with Gasteiger partial charge >= 0.3 is 0 Å². The van der Waals surface area contributed by atoms with E-state index in [1.54, 1.807) is 11.8 Å². The zero-order valence-corrected chi connectivity index (χ0v) is 13.2. The number of allylic oxidation sites excluding steroid dienone is 1. The molecule has 1 saturated carbocycles. The number of carbonyl (C=O) groups is 2. The Labute approximate surface area is 128 Å². The normalized spacial score (nSPS) is 19.2. The van der Waals surface area contributed by atoms with E-state index in [0.717, 1.165) is 19.3 Å². The maximum Gasteiger partial charge on any atom is 0.239 e. The van der Waals surface area contributed by atoms with Crippen LogP contribution in [0.3, 0.4) is 0 Å². The van der Waals surface area contributed by atoms with Gasteiger partial charge in [0.25, 0.3) is 0 Å². The Morgan fingerprint density at radius 1 is 1.24 bits per heavy atom. The molecule has 1 fully saturated rings. The fourth-order valence-electron chi connectivity index (χ4n) is 3.42. The number of hydrogen-bond donors (Lipinski definition) is 1. The lowest BCUT2D eigenvalue weighted by atomic mass is 9.97. The molecule has 0 atom stereocenters. The van der Waals surface area contributed by atoms with E-state index >= 15 is 0 Å². The van der Waals surface area contributed by atoms with E-state index in [2.05, 4.69) is 11.4 Å². The SMILES string of the molecule is CC(=O)N(CC(=O)NCCC1=CCCCC1)C1CCCC1. The number of hydrogen-bond acceptors (Lipinski definition) is 2. The molecule has 2 aliphatic rings. The molecule has 2 aliphatic carbocycles. The van der Waals surface area contributed by atoms with E-state index in [1.807, 2.05) is 0 Å². The minimum atomic E-state index is -0.0199. The molecule has 0 heterocycles. The Balaban J connectivity index is 1.71. The van der Waals surface area contributed by atoms with Gasteiger partial charge in [-0.25, -0.2) is 0 Å². The standard InChI is InChI=1S/C17H28N2O2/c1-14(20)19(16-9-5-6-10-16)13-17(21)18-12-11-15-7-3-2-4-8-15/h7,16H,2-6,8-13H2,1H3,(H,18,21). The second kappa shape index (κ2) is 8.20. The monoisotopic (exact) mass is 292 g/mol. The number of carbonyl (C=O) groups excluding carboxylic acids is 2. The van der Waals surface area contributed by atoms with Gasteiger partial charge in [0.15, 0.2) is 0 Å². The molecule has 118 valence electrons. The van der Waals surface area contributed by atoms with Crippen LogP contribution in [0.15, 0.2) is 11.6 Å². The Morgan fingerprint density at radius 3 is 2.62 bits per heavy atom. The maximum atomic E-state index is 12.0. The zero-order valence-electron chi connectivity index (χ0n) is 13.2. The molecule has 0 bridgehead atoms. The summed E-state index contributed by atoms with van der Waals surface area (Å²) in [5.41, 5.74) is 1.47. The number of nitrogens with one attached hydrogen (secondary N) is 1. The third-order valence-corrected chi connectivity index (χ3v) is 4.64. The van der Waals surface area contributed by atoms with Crippen LogP contribution < -0.4 is 5.32 Å². The molecule has 0 aliphatic heterocycles. The molecule has 0 aromatic heterocycles. The molecule has 0 spiro atoms. The first kappa shape index (κ1) is 16.1. The highest BCUT2D eigenvalue weighted by Crippen LogP contribution is 2.23. The van der Waals surface area contributed by atoms with Crippen molar-refractivity contribution in [2.75, 3.05) is 13.1 Å². The van der Waals surface area contributed by atoms with Crippen molar-refractivity contribution < 1.29 is 9.59 Å². The summed E-state index contributed by atoms with van der Waals surface area (Å²) in [7, 11) is 0. The van der Waals surface area contributed by atoms with Gasteiger partial charge in [-0.2, -0.15) is 0 Å². The lowest BCUT2D eigenvalue weighted by Gasteiger charge is -2.27. The Hall–Kier alpha value is -1.32. The first-order valence-corrected chi connectivity index (χ1v) is 8.38. The van der Waals surface area contributed by atoms with Gasteiger partial charge in [-0.1, -0.05) is 24.5 Å². The van der Waals surface area contributed by atoms with Crippen LogP contribution in [0, 0.1) is 0 Å². The molecule has 2 rings (SSSR count). The predicted molar refractivity (Wildman–Crippen MR) is 83.8 cm³/mol. The molecule has 4 heteroatoms. The highest BCUT2D eigenvalue weighted by Gasteiger charge is 2.26. The largest absolute Gasteiger partial charge is 0.354 e. The summed E-state index contributed by atoms with van der Waals surface area (Å²) in [6, 6.07) is 0.273. The lowest BCUT2D eigenvalue weighted by Crippen LogP contribution is -2.44. The molecule has 0 aromatic rings. The van der Waals surface area contributed by atoms with Crippen LogP contribution >= 0.6 is 0 Å². The van der Waals surface area contributed by atoms with Gasteiger partial charge in [0.2, 0.25) is 11.8 Å². The third kappa shape index (κ3) is 5.18. The minimum absolute atomic E-state index is 0.0199. The van der Waals surface area contributed by atoms with Crippen molar-refractivity contribution in [3.63, 3.8) is 0 Å². The van der Waals surface area contributed by atoms with Gasteiger partial charge in [-0.05, 0) is 44.9 Å². The van der Waals surface area contributed by atoms with Crippen LogP contribution in [0.4, 0.5) is 0 Å². The maximum absolute atomic E-state index is 12.0. The van der Waals surface area contributed by atoms with Crippen LogP contribution in [0.5, 0.6) is 0 Å². The summed E-state index contributed by atoms with van der Waals surface area (Å²) in [6.45, 7) is 2.48. The predicted octanol–water partition coefficient (Wildman–Crippen LogP) is 2.78. The van der Waals surface area contributed by atoms with Crippen LogP contribution in [-0.2, 0) is 9.59 Å². The van der Waals surface area contributed by atoms with Crippen molar-refractivity contribution >= 4 is 11.8 Å². The Morgan fingerprint density at radius 2 is 2.00 bits per heavy atom. The topological polar surface area (TPSA) is 49.4 Å². The molecular weight excluding hydrogens is 264 g/mol. The van der Waals surface area contributed by atoms with Gasteiger partial charge in [0, 0.05) is 19.5 Å². The highest BCUT2D eigenvalue weighted by atomic mass is 16.2. The van der Waals surface area contributed by atoms with Gasteiger partial charge in [0.05, 0.1) is 6.54 Å².